The first-order chi connectivity index (χ1) is 20.8. The predicted molar refractivity (Wildman–Crippen MR) is 160 cm³/mol. The molecule has 0 atom stereocenters. The molecule has 0 aliphatic heterocycles. The minimum atomic E-state index is -1.64. The zero-order chi connectivity index (χ0) is 30.9. The van der Waals surface area contributed by atoms with Gasteiger partial charge in [0.05, 0.1) is 42.7 Å². The van der Waals surface area contributed by atoms with Crippen molar-refractivity contribution in [3.63, 3.8) is 0 Å². The van der Waals surface area contributed by atoms with E-state index in [0.717, 1.165) is 16.7 Å². The topological polar surface area (TPSA) is 107 Å². The van der Waals surface area contributed by atoms with Crippen molar-refractivity contribution in [3.8, 4) is 45.3 Å². The molecular formula is C34H34O9. The van der Waals surface area contributed by atoms with Gasteiger partial charge < -0.3 is 28.4 Å². The third-order valence-corrected chi connectivity index (χ3v) is 8.31. The molecule has 0 heterocycles. The Morgan fingerprint density at radius 1 is 0.651 bits per heavy atom. The summed E-state index contributed by atoms with van der Waals surface area (Å²) >= 11 is 0. The molecule has 0 aromatic heterocycles. The van der Waals surface area contributed by atoms with Crippen molar-refractivity contribution in [2.75, 3.05) is 42.7 Å². The Bertz CT molecular complexity index is 1630. The minimum Gasteiger partial charge on any atom is -0.493 e. The van der Waals surface area contributed by atoms with Crippen molar-refractivity contribution < 1.29 is 42.8 Å². The molecule has 0 unspecified atom stereocenters. The number of hydrogen-bond donors (Lipinski definition) is 0. The van der Waals surface area contributed by atoms with Crippen LogP contribution >= 0.6 is 0 Å². The van der Waals surface area contributed by atoms with E-state index in [-0.39, 0.29) is 18.6 Å². The Kier molecular flexibility index (Phi) is 8.17. The van der Waals surface area contributed by atoms with Crippen molar-refractivity contribution in [2.24, 2.45) is 5.41 Å². The Morgan fingerprint density at radius 3 is 1.63 bits per heavy atom. The molecule has 0 bridgehead atoms. The maximum atomic E-state index is 14.0. The molecule has 2 aliphatic carbocycles. The molecule has 0 saturated carbocycles. The minimum absolute atomic E-state index is 0.0148. The van der Waals surface area contributed by atoms with Crippen molar-refractivity contribution in [2.45, 2.75) is 25.7 Å². The van der Waals surface area contributed by atoms with E-state index in [9.17, 15) is 14.4 Å². The standard InChI is InChI=1S/C34H34O9/c1-38-25-13-11-19(15-27(25)40-3)29-21-9-7-8-10-24(35)31(21)30(20-12-14-26(39-2)28(16-20)41-4)23-18-34(17-22(23)29,32(36)42-5)33(37)43-6/h7,9,11-16H,8,10,17-18H2,1-6H3. The van der Waals surface area contributed by atoms with Gasteiger partial charge in [0.15, 0.2) is 34.2 Å². The van der Waals surface area contributed by atoms with Crippen LogP contribution in [0.25, 0.3) is 28.3 Å². The van der Waals surface area contributed by atoms with E-state index in [1.165, 1.54) is 14.2 Å². The van der Waals surface area contributed by atoms with Crippen molar-refractivity contribution in [1.29, 1.82) is 0 Å². The van der Waals surface area contributed by atoms with Gasteiger partial charge in [0.2, 0.25) is 0 Å². The lowest BCUT2D eigenvalue weighted by Gasteiger charge is -2.23. The molecule has 9 heteroatoms. The molecule has 43 heavy (non-hydrogen) atoms. The lowest BCUT2D eigenvalue weighted by atomic mass is 9.81. The van der Waals surface area contributed by atoms with Crippen LogP contribution in [-0.2, 0) is 31.9 Å². The van der Waals surface area contributed by atoms with E-state index in [1.807, 2.05) is 36.4 Å². The van der Waals surface area contributed by atoms with Crippen LogP contribution < -0.4 is 18.9 Å². The summed E-state index contributed by atoms with van der Waals surface area (Å²) < 4.78 is 32.5. The number of carbonyl (C=O) groups is 3. The molecule has 2 aliphatic rings. The molecule has 5 rings (SSSR count). The number of carbonyl (C=O) groups excluding carboxylic acids is 3. The first kappa shape index (κ1) is 29.7. The third-order valence-electron chi connectivity index (χ3n) is 8.31. The van der Waals surface area contributed by atoms with Crippen LogP contribution in [0.1, 0.15) is 39.9 Å². The number of allylic oxidation sites excluding steroid dienone is 1. The monoisotopic (exact) mass is 586 g/mol. The number of ketones is 1. The van der Waals surface area contributed by atoms with Crippen molar-refractivity contribution >= 4 is 23.8 Å². The number of benzene rings is 3. The number of esters is 2. The first-order valence-electron chi connectivity index (χ1n) is 13.8. The number of rotatable bonds is 8. The molecule has 224 valence electrons. The molecule has 0 N–H and O–H groups in total. The molecule has 0 amide bonds. The van der Waals surface area contributed by atoms with Gasteiger partial charge in [-0.15, -0.1) is 0 Å². The number of methoxy groups -OCH3 is 6. The summed E-state index contributed by atoms with van der Waals surface area (Å²) in [7, 11) is 8.70. The Labute approximate surface area is 250 Å². The highest BCUT2D eigenvalue weighted by Gasteiger charge is 2.54. The Morgan fingerprint density at radius 2 is 1.14 bits per heavy atom. The highest BCUT2D eigenvalue weighted by Crippen LogP contribution is 2.52. The molecule has 0 spiro atoms. The fourth-order valence-corrected chi connectivity index (χ4v) is 6.32. The number of ether oxygens (including phenoxy) is 6. The molecular weight excluding hydrogens is 552 g/mol. The molecule has 3 aromatic carbocycles. The fraction of sp³-hybridized carbons (Fsp3) is 0.324. The van der Waals surface area contributed by atoms with E-state index in [0.29, 0.717) is 63.7 Å². The second-order valence-electron chi connectivity index (χ2n) is 10.4. The quantitative estimate of drug-likeness (QED) is 0.251. The van der Waals surface area contributed by atoms with E-state index in [4.69, 9.17) is 28.4 Å². The van der Waals surface area contributed by atoms with Gasteiger partial charge in [0.25, 0.3) is 0 Å². The van der Waals surface area contributed by atoms with E-state index >= 15 is 0 Å². The van der Waals surface area contributed by atoms with E-state index < -0.39 is 17.4 Å². The first-order valence-corrected chi connectivity index (χ1v) is 13.8. The van der Waals surface area contributed by atoms with Crippen LogP contribution in [-0.4, -0.2) is 60.4 Å². The fourth-order valence-electron chi connectivity index (χ4n) is 6.32. The summed E-state index contributed by atoms with van der Waals surface area (Å²) in [6.45, 7) is 0. The molecule has 0 fully saturated rings. The van der Waals surface area contributed by atoms with Gasteiger partial charge in [-0.25, -0.2) is 0 Å². The van der Waals surface area contributed by atoms with Gasteiger partial charge in [-0.2, -0.15) is 0 Å². The lowest BCUT2D eigenvalue weighted by Crippen LogP contribution is -2.42. The molecule has 0 saturated heterocycles. The summed E-state index contributed by atoms with van der Waals surface area (Å²) in [5.74, 6) is 0.590. The second kappa shape index (κ2) is 11.8. The van der Waals surface area contributed by atoms with Crippen LogP contribution in [0.4, 0.5) is 0 Å². The van der Waals surface area contributed by atoms with Crippen molar-refractivity contribution in [3.05, 3.63) is 64.7 Å². The zero-order valence-corrected chi connectivity index (χ0v) is 25.1. The van der Waals surface area contributed by atoms with Gasteiger partial charge in [0.1, 0.15) is 0 Å². The predicted octanol–water partition coefficient (Wildman–Crippen LogP) is 5.48. The second-order valence-corrected chi connectivity index (χ2v) is 10.4. The van der Waals surface area contributed by atoms with E-state index in [2.05, 4.69) is 0 Å². The largest absolute Gasteiger partial charge is 0.493 e. The van der Waals surface area contributed by atoms with Crippen LogP contribution in [0, 0.1) is 5.41 Å². The maximum Gasteiger partial charge on any atom is 0.323 e. The summed E-state index contributed by atoms with van der Waals surface area (Å²) in [6.07, 6.45) is 4.79. The van der Waals surface area contributed by atoms with Crippen LogP contribution in [0.2, 0.25) is 0 Å². The highest BCUT2D eigenvalue weighted by molar-refractivity contribution is 6.11. The maximum absolute atomic E-state index is 14.0. The SMILES string of the molecule is COC(=O)C1(C(=O)OC)Cc2c(c(-c3ccc(OC)c(OC)c3)c3c(c2-c2ccc(OC)c(OC)c2)C=CCCC3=O)C1. The Balaban J connectivity index is 1.94. The molecule has 9 nitrogen and oxygen atoms in total. The van der Waals surface area contributed by atoms with Crippen molar-refractivity contribution in [1.82, 2.24) is 0 Å². The smallest absolute Gasteiger partial charge is 0.323 e. The highest BCUT2D eigenvalue weighted by atomic mass is 16.5. The van der Waals surface area contributed by atoms with Gasteiger partial charge >= 0.3 is 11.9 Å². The molecule has 3 aromatic rings. The number of hydrogen-bond acceptors (Lipinski definition) is 9. The van der Waals surface area contributed by atoms with Gasteiger partial charge in [-0.05, 0) is 69.6 Å². The number of fused-ring (bicyclic) bond motifs is 2. The number of Topliss-reactive ketones (excluding diaryl/α,β-unsaturated/α-hetero) is 1. The lowest BCUT2D eigenvalue weighted by molar-refractivity contribution is -0.168. The van der Waals surface area contributed by atoms with Crippen LogP contribution in [0.3, 0.4) is 0 Å². The summed E-state index contributed by atoms with van der Waals surface area (Å²) in [5.41, 5.74) is 3.81. The summed E-state index contributed by atoms with van der Waals surface area (Å²) in [5, 5.41) is 0. The molecule has 0 radical (unpaired) electrons. The third kappa shape index (κ3) is 4.78. The van der Waals surface area contributed by atoms with Gasteiger partial charge in [-0.3, -0.25) is 14.4 Å². The van der Waals surface area contributed by atoms with E-state index in [1.54, 1.807) is 40.6 Å². The summed E-state index contributed by atoms with van der Waals surface area (Å²) in [4.78, 5) is 40.9. The Hall–Kier alpha value is -4.79. The van der Waals surface area contributed by atoms with Gasteiger partial charge in [-0.1, -0.05) is 24.3 Å². The summed E-state index contributed by atoms with van der Waals surface area (Å²) in [6, 6.07) is 10.9. The average molecular weight is 587 g/mol. The van der Waals surface area contributed by atoms with Gasteiger partial charge in [0, 0.05) is 24.8 Å². The average Bonchev–Trinajstić information content (AvgIpc) is 3.35. The van der Waals surface area contributed by atoms with Crippen LogP contribution in [0.5, 0.6) is 23.0 Å². The zero-order valence-electron chi connectivity index (χ0n) is 25.1. The normalized spacial score (nSPS) is 14.7. The van der Waals surface area contributed by atoms with Crippen LogP contribution in [0.15, 0.2) is 42.5 Å².